The lowest BCUT2D eigenvalue weighted by Gasteiger charge is -2.10. The SMILES string of the molecule is Cc1nc2cccnc2n2c(-c3cc(CC(C)O)ccc3Cl)ncc12. The van der Waals surface area contributed by atoms with E-state index in [1.165, 1.54) is 0 Å². The molecule has 0 aliphatic rings. The van der Waals surface area contributed by atoms with Gasteiger partial charge in [-0.1, -0.05) is 17.7 Å². The van der Waals surface area contributed by atoms with Crippen LogP contribution in [0.3, 0.4) is 0 Å². The van der Waals surface area contributed by atoms with Crippen molar-refractivity contribution in [3.63, 3.8) is 0 Å². The Balaban J connectivity index is 2.02. The largest absolute Gasteiger partial charge is 0.393 e. The summed E-state index contributed by atoms with van der Waals surface area (Å²) in [6.45, 7) is 3.73. The summed E-state index contributed by atoms with van der Waals surface area (Å²) in [4.78, 5) is 13.7. The second-order valence-corrected chi connectivity index (χ2v) is 6.62. The minimum atomic E-state index is -0.417. The van der Waals surface area contributed by atoms with E-state index >= 15 is 0 Å². The van der Waals surface area contributed by atoms with E-state index in [4.69, 9.17) is 11.6 Å². The molecule has 25 heavy (non-hydrogen) atoms. The molecule has 0 aliphatic carbocycles. The maximum Gasteiger partial charge on any atom is 0.164 e. The van der Waals surface area contributed by atoms with Crippen LogP contribution >= 0.6 is 11.6 Å². The lowest BCUT2D eigenvalue weighted by Crippen LogP contribution is -2.04. The zero-order valence-corrected chi connectivity index (χ0v) is 14.7. The third-order valence-corrected chi connectivity index (χ3v) is 4.53. The van der Waals surface area contributed by atoms with E-state index in [1.54, 1.807) is 19.3 Å². The predicted molar refractivity (Wildman–Crippen MR) is 98.9 cm³/mol. The summed E-state index contributed by atoms with van der Waals surface area (Å²) < 4.78 is 1.99. The molecule has 1 aromatic carbocycles. The molecule has 3 heterocycles. The first kappa shape index (κ1) is 16.0. The van der Waals surface area contributed by atoms with Gasteiger partial charge in [0.25, 0.3) is 0 Å². The number of hydrogen-bond donors (Lipinski definition) is 1. The van der Waals surface area contributed by atoms with Crippen LogP contribution < -0.4 is 0 Å². The summed E-state index contributed by atoms with van der Waals surface area (Å²) >= 11 is 6.46. The summed E-state index contributed by atoms with van der Waals surface area (Å²) in [6, 6.07) is 9.56. The van der Waals surface area contributed by atoms with Gasteiger partial charge in [0.2, 0.25) is 0 Å². The molecule has 0 radical (unpaired) electrons. The number of aryl methyl sites for hydroxylation is 1. The molecule has 5 nitrogen and oxygen atoms in total. The van der Waals surface area contributed by atoms with Crippen molar-refractivity contribution in [3.8, 4) is 11.4 Å². The Morgan fingerprint density at radius 1 is 1.24 bits per heavy atom. The third kappa shape index (κ3) is 2.75. The molecule has 0 bridgehead atoms. The van der Waals surface area contributed by atoms with Crippen molar-refractivity contribution < 1.29 is 5.11 Å². The first-order valence-corrected chi connectivity index (χ1v) is 8.48. The Morgan fingerprint density at radius 3 is 2.88 bits per heavy atom. The lowest BCUT2D eigenvalue weighted by molar-refractivity contribution is 0.195. The molecule has 126 valence electrons. The van der Waals surface area contributed by atoms with E-state index in [1.807, 2.05) is 41.7 Å². The lowest BCUT2D eigenvalue weighted by atomic mass is 10.1. The molecule has 0 saturated heterocycles. The normalized spacial score (nSPS) is 12.8. The Labute approximate surface area is 150 Å². The minimum absolute atomic E-state index is 0.417. The van der Waals surface area contributed by atoms with E-state index in [2.05, 4.69) is 15.0 Å². The molecule has 0 spiro atoms. The van der Waals surface area contributed by atoms with Gasteiger partial charge < -0.3 is 5.11 Å². The molecular weight excluding hydrogens is 336 g/mol. The number of aromatic nitrogens is 4. The second-order valence-electron chi connectivity index (χ2n) is 6.21. The molecule has 1 unspecified atom stereocenters. The molecule has 0 amide bonds. The van der Waals surface area contributed by atoms with Crippen molar-refractivity contribution in [1.29, 1.82) is 0 Å². The molecule has 4 aromatic rings. The highest BCUT2D eigenvalue weighted by Gasteiger charge is 2.16. The van der Waals surface area contributed by atoms with Crippen LogP contribution in [0.2, 0.25) is 5.02 Å². The maximum absolute atomic E-state index is 9.67. The fourth-order valence-electron chi connectivity index (χ4n) is 3.11. The third-order valence-electron chi connectivity index (χ3n) is 4.20. The average Bonchev–Trinajstić information content (AvgIpc) is 3.02. The van der Waals surface area contributed by atoms with Gasteiger partial charge in [-0.2, -0.15) is 0 Å². The quantitative estimate of drug-likeness (QED) is 0.608. The van der Waals surface area contributed by atoms with Gasteiger partial charge in [-0.25, -0.2) is 15.0 Å². The van der Waals surface area contributed by atoms with Crippen LogP contribution in [0.1, 0.15) is 18.2 Å². The zero-order valence-electron chi connectivity index (χ0n) is 13.9. The van der Waals surface area contributed by atoms with Crippen molar-refractivity contribution in [3.05, 3.63) is 59.0 Å². The van der Waals surface area contributed by atoms with Crippen molar-refractivity contribution in [2.24, 2.45) is 0 Å². The number of halogens is 1. The number of pyridine rings is 1. The molecule has 4 rings (SSSR count). The highest BCUT2D eigenvalue weighted by atomic mass is 35.5. The minimum Gasteiger partial charge on any atom is -0.393 e. The fraction of sp³-hybridized carbons (Fsp3) is 0.211. The molecule has 0 saturated carbocycles. The van der Waals surface area contributed by atoms with Crippen LogP contribution in [0.4, 0.5) is 0 Å². The van der Waals surface area contributed by atoms with E-state index < -0.39 is 6.10 Å². The Kier molecular flexibility index (Phi) is 3.90. The van der Waals surface area contributed by atoms with Crippen molar-refractivity contribution in [2.75, 3.05) is 0 Å². The van der Waals surface area contributed by atoms with Crippen LogP contribution in [0.15, 0.2) is 42.7 Å². The number of hydrogen-bond acceptors (Lipinski definition) is 4. The number of benzene rings is 1. The van der Waals surface area contributed by atoms with Crippen molar-refractivity contribution in [1.82, 2.24) is 19.4 Å². The summed E-state index contributed by atoms with van der Waals surface area (Å²) in [5.41, 5.74) is 5.16. The van der Waals surface area contributed by atoms with Gasteiger partial charge in [-0.15, -0.1) is 0 Å². The van der Waals surface area contributed by atoms with Gasteiger partial charge in [-0.05, 0) is 50.1 Å². The number of nitrogens with zero attached hydrogens (tertiary/aromatic N) is 4. The van der Waals surface area contributed by atoms with Gasteiger partial charge in [0.05, 0.1) is 28.5 Å². The van der Waals surface area contributed by atoms with Crippen LogP contribution in [-0.2, 0) is 6.42 Å². The van der Waals surface area contributed by atoms with Crippen LogP contribution in [0, 0.1) is 6.92 Å². The van der Waals surface area contributed by atoms with Gasteiger partial charge in [0, 0.05) is 11.8 Å². The summed E-state index contributed by atoms with van der Waals surface area (Å²) in [5.74, 6) is 0.724. The van der Waals surface area contributed by atoms with E-state index in [9.17, 15) is 5.11 Å². The summed E-state index contributed by atoms with van der Waals surface area (Å²) in [7, 11) is 0. The number of rotatable bonds is 3. The Morgan fingerprint density at radius 2 is 2.08 bits per heavy atom. The summed E-state index contributed by atoms with van der Waals surface area (Å²) in [6.07, 6.45) is 3.69. The molecule has 0 fully saturated rings. The fourth-order valence-corrected chi connectivity index (χ4v) is 3.31. The number of aliphatic hydroxyl groups is 1. The molecule has 3 aromatic heterocycles. The highest BCUT2D eigenvalue weighted by molar-refractivity contribution is 6.33. The molecule has 1 N–H and O–H groups in total. The first-order chi connectivity index (χ1) is 12.0. The first-order valence-electron chi connectivity index (χ1n) is 8.10. The average molecular weight is 353 g/mol. The molecule has 1 atom stereocenters. The number of aliphatic hydroxyl groups excluding tert-OH is 1. The molecule has 6 heteroatoms. The summed E-state index contributed by atoms with van der Waals surface area (Å²) in [5, 5.41) is 10.3. The molecule has 0 aliphatic heterocycles. The van der Waals surface area contributed by atoms with E-state index in [-0.39, 0.29) is 0 Å². The van der Waals surface area contributed by atoms with Gasteiger partial charge in [0.1, 0.15) is 11.3 Å². The van der Waals surface area contributed by atoms with Crippen LogP contribution in [0.5, 0.6) is 0 Å². The number of imidazole rings is 1. The van der Waals surface area contributed by atoms with Gasteiger partial charge in [-0.3, -0.25) is 4.40 Å². The predicted octanol–water partition coefficient (Wildman–Crippen LogP) is 3.83. The Hall–Kier alpha value is -2.50. The van der Waals surface area contributed by atoms with E-state index in [0.717, 1.165) is 39.3 Å². The van der Waals surface area contributed by atoms with E-state index in [0.29, 0.717) is 11.4 Å². The monoisotopic (exact) mass is 352 g/mol. The van der Waals surface area contributed by atoms with Crippen LogP contribution in [-0.4, -0.2) is 30.6 Å². The standard InChI is InChI=1S/C19H17ClN4O/c1-11(25)8-13-5-6-15(20)14(9-13)18-22-10-17-12(2)23-16-4-3-7-21-19(16)24(17)18/h3-7,9-11,25H,8H2,1-2H3. The maximum atomic E-state index is 9.67. The Bertz CT molecular complexity index is 1090. The molecular formula is C19H17ClN4O. The topological polar surface area (TPSA) is 63.3 Å². The van der Waals surface area contributed by atoms with Crippen molar-refractivity contribution >= 4 is 28.3 Å². The second kappa shape index (κ2) is 6.10. The number of fused-ring (bicyclic) bond motifs is 3. The smallest absolute Gasteiger partial charge is 0.164 e. The van der Waals surface area contributed by atoms with Gasteiger partial charge >= 0.3 is 0 Å². The van der Waals surface area contributed by atoms with Crippen LogP contribution in [0.25, 0.3) is 28.1 Å². The zero-order chi connectivity index (χ0) is 17.6. The highest BCUT2D eigenvalue weighted by Crippen LogP contribution is 2.31. The van der Waals surface area contributed by atoms with Crippen molar-refractivity contribution in [2.45, 2.75) is 26.4 Å². The van der Waals surface area contributed by atoms with Gasteiger partial charge in [0.15, 0.2) is 5.65 Å².